The highest BCUT2D eigenvalue weighted by Gasteiger charge is 2.66. The molecule has 0 aliphatic heterocycles. The third-order valence-electron chi connectivity index (χ3n) is 9.69. The van der Waals surface area contributed by atoms with E-state index in [4.69, 9.17) is 9.15 Å². The van der Waals surface area contributed by atoms with E-state index in [0.717, 1.165) is 44.1 Å². The second kappa shape index (κ2) is 7.34. The van der Waals surface area contributed by atoms with Gasteiger partial charge in [-0.05, 0) is 86.2 Å². The van der Waals surface area contributed by atoms with Gasteiger partial charge in [-0.25, -0.2) is 4.79 Å². The Labute approximate surface area is 180 Å². The molecule has 0 unspecified atom stereocenters. The van der Waals surface area contributed by atoms with Crippen molar-refractivity contribution in [2.45, 2.75) is 90.3 Å². The molecule has 0 amide bonds. The van der Waals surface area contributed by atoms with E-state index in [1.54, 1.807) is 11.8 Å². The molecule has 3 saturated carbocycles. The molecule has 4 heteroatoms. The lowest BCUT2D eigenvalue weighted by Gasteiger charge is -2.61. The van der Waals surface area contributed by atoms with Crippen LogP contribution in [0, 0.1) is 22.7 Å². The lowest BCUT2D eigenvalue weighted by atomic mass is 9.45. The normalized spacial score (nSPS) is 44.9. The molecule has 30 heavy (non-hydrogen) atoms. The predicted molar refractivity (Wildman–Crippen MR) is 118 cm³/mol. The quantitative estimate of drug-likeness (QED) is 0.654. The van der Waals surface area contributed by atoms with Crippen LogP contribution in [0.2, 0.25) is 0 Å². The fourth-order valence-corrected chi connectivity index (χ4v) is 7.95. The Bertz CT molecular complexity index is 867. The molecule has 1 N–H and O–H groups in total. The maximum absolute atomic E-state index is 12.2. The van der Waals surface area contributed by atoms with Gasteiger partial charge in [-0.3, -0.25) is 0 Å². The maximum atomic E-state index is 12.2. The molecule has 0 aromatic carbocycles. The van der Waals surface area contributed by atoms with E-state index in [1.165, 1.54) is 18.9 Å². The molecule has 7 atom stereocenters. The number of fused-ring (bicyclic) bond motifs is 5. The fraction of sp³-hybridized carbons (Fsp3) is 0.731. The summed E-state index contributed by atoms with van der Waals surface area (Å²) in [4.78, 5) is 11.4. The molecule has 4 nitrogen and oxygen atoms in total. The Balaban J connectivity index is 0.00000218. The van der Waals surface area contributed by atoms with Gasteiger partial charge in [0.25, 0.3) is 0 Å². The van der Waals surface area contributed by atoms with Gasteiger partial charge in [0.15, 0.2) is 0 Å². The van der Waals surface area contributed by atoms with Crippen LogP contribution in [0.25, 0.3) is 0 Å². The van der Waals surface area contributed by atoms with Gasteiger partial charge in [-0.2, -0.15) is 0 Å². The van der Waals surface area contributed by atoms with Gasteiger partial charge in [0, 0.05) is 18.6 Å². The van der Waals surface area contributed by atoms with Crippen LogP contribution in [-0.4, -0.2) is 23.9 Å². The molecule has 0 radical (unpaired) electrons. The smallest absolute Gasteiger partial charge is 0.335 e. The molecular weight excluding hydrogens is 376 g/mol. The highest BCUT2D eigenvalue weighted by atomic mass is 16.5. The number of hydrogen-bond acceptors (Lipinski definition) is 4. The number of allylic oxidation sites excluding steroid dienone is 1. The van der Waals surface area contributed by atoms with Crippen molar-refractivity contribution in [1.82, 2.24) is 0 Å². The van der Waals surface area contributed by atoms with Crippen molar-refractivity contribution in [2.75, 3.05) is 7.11 Å². The van der Waals surface area contributed by atoms with Crippen LogP contribution in [0.1, 0.15) is 84.1 Å². The molecule has 4 aliphatic carbocycles. The van der Waals surface area contributed by atoms with E-state index >= 15 is 0 Å². The van der Waals surface area contributed by atoms with E-state index in [1.807, 2.05) is 13.2 Å². The van der Waals surface area contributed by atoms with Gasteiger partial charge < -0.3 is 14.3 Å². The van der Waals surface area contributed by atoms with Crippen LogP contribution in [0.4, 0.5) is 0 Å². The SMILES string of the molecule is C.CO[C@@H]1C=C2CC[C@@H]3[C@H](CC[C@]4(C)[C@@H](c5ccc(=O)oc5)CC[C@]34O)[C@@]2(C)CC1. The van der Waals surface area contributed by atoms with Crippen molar-refractivity contribution in [2.24, 2.45) is 22.7 Å². The minimum Gasteiger partial charge on any atom is -0.431 e. The lowest BCUT2D eigenvalue weighted by molar-refractivity contribution is -0.178. The number of aliphatic hydroxyl groups is 1. The zero-order chi connectivity index (χ0) is 20.4. The molecule has 1 heterocycles. The topological polar surface area (TPSA) is 59.7 Å². The Kier molecular flexibility index (Phi) is 5.34. The molecule has 0 bridgehead atoms. The number of methoxy groups -OCH3 is 1. The average molecular weight is 415 g/mol. The van der Waals surface area contributed by atoms with Gasteiger partial charge in [-0.15, -0.1) is 0 Å². The summed E-state index contributed by atoms with van der Waals surface area (Å²) in [5, 5.41) is 12.2. The molecular formula is C26H38O4. The van der Waals surface area contributed by atoms with Crippen LogP contribution >= 0.6 is 0 Å². The Morgan fingerprint density at radius 2 is 1.87 bits per heavy atom. The monoisotopic (exact) mass is 414 g/mol. The summed E-state index contributed by atoms with van der Waals surface area (Å²) in [6.07, 6.45) is 12.7. The molecule has 3 fully saturated rings. The Morgan fingerprint density at radius 1 is 1.07 bits per heavy atom. The number of hydrogen-bond donors (Lipinski definition) is 1. The average Bonchev–Trinajstić information content (AvgIpc) is 2.99. The number of ether oxygens (including phenoxy) is 1. The third-order valence-corrected chi connectivity index (χ3v) is 9.69. The van der Waals surface area contributed by atoms with E-state index in [-0.39, 0.29) is 35.9 Å². The molecule has 1 aromatic rings. The first-order valence-electron chi connectivity index (χ1n) is 11.4. The Hall–Kier alpha value is -1.39. The first-order chi connectivity index (χ1) is 13.8. The van der Waals surface area contributed by atoms with Gasteiger partial charge in [-0.1, -0.05) is 32.9 Å². The van der Waals surface area contributed by atoms with E-state index in [9.17, 15) is 9.90 Å². The second-order valence-electron chi connectivity index (χ2n) is 10.5. The van der Waals surface area contributed by atoms with Crippen molar-refractivity contribution in [3.63, 3.8) is 0 Å². The lowest BCUT2D eigenvalue weighted by Crippen LogP contribution is -2.60. The molecule has 0 spiro atoms. The fourth-order valence-electron chi connectivity index (χ4n) is 7.95. The van der Waals surface area contributed by atoms with Crippen molar-refractivity contribution in [3.8, 4) is 0 Å². The van der Waals surface area contributed by atoms with Crippen LogP contribution in [-0.2, 0) is 4.74 Å². The first-order valence-corrected chi connectivity index (χ1v) is 11.4. The minimum absolute atomic E-state index is 0. The van der Waals surface area contributed by atoms with Gasteiger partial charge in [0.05, 0.1) is 18.0 Å². The first kappa shape index (κ1) is 21.8. The number of rotatable bonds is 2. The van der Waals surface area contributed by atoms with Crippen LogP contribution < -0.4 is 5.63 Å². The summed E-state index contributed by atoms with van der Waals surface area (Å²) in [6, 6.07) is 3.43. The largest absolute Gasteiger partial charge is 0.431 e. The van der Waals surface area contributed by atoms with Crippen molar-refractivity contribution in [1.29, 1.82) is 0 Å². The van der Waals surface area contributed by atoms with Crippen molar-refractivity contribution >= 4 is 0 Å². The van der Waals surface area contributed by atoms with Gasteiger partial charge >= 0.3 is 5.63 Å². The summed E-state index contributed by atoms with van der Waals surface area (Å²) in [5.74, 6) is 1.15. The second-order valence-corrected chi connectivity index (χ2v) is 10.5. The highest BCUT2D eigenvalue weighted by Crippen LogP contribution is 2.70. The zero-order valence-corrected chi connectivity index (χ0v) is 17.9. The molecule has 4 aliphatic rings. The summed E-state index contributed by atoms with van der Waals surface area (Å²) >= 11 is 0. The maximum Gasteiger partial charge on any atom is 0.335 e. The van der Waals surface area contributed by atoms with Crippen LogP contribution in [0.15, 0.2) is 39.3 Å². The molecule has 5 rings (SSSR count). The van der Waals surface area contributed by atoms with E-state index in [2.05, 4.69) is 19.9 Å². The van der Waals surface area contributed by atoms with Crippen LogP contribution in [0.3, 0.4) is 0 Å². The summed E-state index contributed by atoms with van der Waals surface area (Å²) in [5.41, 5.74) is 1.75. The van der Waals surface area contributed by atoms with E-state index < -0.39 is 5.60 Å². The molecule has 0 saturated heterocycles. The predicted octanol–water partition coefficient (Wildman–Crippen LogP) is 5.45. The summed E-state index contributed by atoms with van der Waals surface area (Å²) in [6.45, 7) is 4.74. The Morgan fingerprint density at radius 3 is 2.57 bits per heavy atom. The molecule has 166 valence electrons. The van der Waals surface area contributed by atoms with Crippen molar-refractivity contribution < 1.29 is 14.3 Å². The zero-order valence-electron chi connectivity index (χ0n) is 17.9. The molecule has 1 aromatic heterocycles. The summed E-state index contributed by atoms with van der Waals surface area (Å²) in [7, 11) is 1.81. The van der Waals surface area contributed by atoms with Gasteiger partial charge in [0.1, 0.15) is 0 Å². The third kappa shape index (κ3) is 2.82. The van der Waals surface area contributed by atoms with Gasteiger partial charge in [0.2, 0.25) is 0 Å². The standard InChI is InChI=1S/C25H34O4.CH4/c1-23-11-8-18(28-3)14-17(23)5-6-21-20(23)9-12-24(2)19(10-13-25(21,24)27)16-4-7-22(26)29-15-16;/h4,7,14-15,18-21,27H,5-6,8-13H2,1-3H3;1H4/t18-,19+,20-,21+,23-,24+,25-;/m0./s1. The highest BCUT2D eigenvalue weighted by molar-refractivity contribution is 5.31. The van der Waals surface area contributed by atoms with Crippen LogP contribution in [0.5, 0.6) is 0 Å². The minimum atomic E-state index is -0.636. The summed E-state index contributed by atoms with van der Waals surface area (Å²) < 4.78 is 10.8. The van der Waals surface area contributed by atoms with E-state index in [0.29, 0.717) is 11.8 Å². The van der Waals surface area contributed by atoms with Crippen molar-refractivity contribution in [3.05, 3.63) is 46.0 Å².